The van der Waals surface area contributed by atoms with Crippen molar-refractivity contribution in [3.05, 3.63) is 53.0 Å². The second-order valence-corrected chi connectivity index (χ2v) is 4.99. The minimum Gasteiger partial charge on any atom is -0.438 e. The Morgan fingerprint density at radius 2 is 1.95 bits per heavy atom. The van der Waals surface area contributed by atoms with E-state index in [1.165, 1.54) is 12.4 Å². The Hall–Kier alpha value is -2.21. The zero-order valence-corrected chi connectivity index (χ0v) is 11.8. The highest BCUT2D eigenvalue weighted by Crippen LogP contribution is 2.29. The zero-order chi connectivity index (χ0) is 14.1. The number of nitrogen functional groups attached to an aromatic ring is 1. The standard InChI is InChI=1S/C14H9BrFN3O/c15-11-4-2-9(6-12(11)16)20-14-10-3-1-8(17)5-13(10)18-7-19-14/h1-7H,17H2. The lowest BCUT2D eigenvalue weighted by Gasteiger charge is -2.08. The number of rotatable bonds is 2. The molecule has 6 heteroatoms. The van der Waals surface area contributed by atoms with Crippen LogP contribution in [0.3, 0.4) is 0 Å². The lowest BCUT2D eigenvalue weighted by atomic mass is 10.2. The third kappa shape index (κ3) is 2.42. The lowest BCUT2D eigenvalue weighted by Crippen LogP contribution is -1.93. The molecule has 1 aromatic heterocycles. The summed E-state index contributed by atoms with van der Waals surface area (Å²) in [6, 6.07) is 9.75. The SMILES string of the molecule is Nc1ccc2c(Oc3ccc(Br)c(F)c3)ncnc2c1. The molecule has 2 N–H and O–H groups in total. The Bertz CT molecular complexity index is 794. The maximum Gasteiger partial charge on any atom is 0.230 e. The Kier molecular flexibility index (Phi) is 3.23. The van der Waals surface area contributed by atoms with Crippen LogP contribution in [-0.2, 0) is 0 Å². The van der Waals surface area contributed by atoms with Gasteiger partial charge in [-0.05, 0) is 46.3 Å². The summed E-state index contributed by atoms with van der Waals surface area (Å²) in [6.45, 7) is 0. The van der Waals surface area contributed by atoms with E-state index in [4.69, 9.17) is 10.5 Å². The second kappa shape index (κ2) is 5.05. The molecule has 0 spiro atoms. The second-order valence-electron chi connectivity index (χ2n) is 4.13. The molecule has 4 nitrogen and oxygen atoms in total. The van der Waals surface area contributed by atoms with E-state index in [2.05, 4.69) is 25.9 Å². The number of anilines is 1. The molecule has 0 saturated carbocycles. The van der Waals surface area contributed by atoms with Crippen LogP contribution < -0.4 is 10.5 Å². The first-order valence-electron chi connectivity index (χ1n) is 5.76. The Labute approximate surface area is 122 Å². The first kappa shape index (κ1) is 12.8. The minimum atomic E-state index is -0.398. The molecular weight excluding hydrogens is 325 g/mol. The summed E-state index contributed by atoms with van der Waals surface area (Å²) in [7, 11) is 0. The fourth-order valence-electron chi connectivity index (χ4n) is 1.78. The van der Waals surface area contributed by atoms with Crippen LogP contribution >= 0.6 is 15.9 Å². The van der Waals surface area contributed by atoms with Gasteiger partial charge in [0.1, 0.15) is 17.9 Å². The summed E-state index contributed by atoms with van der Waals surface area (Å²) in [4.78, 5) is 8.20. The lowest BCUT2D eigenvalue weighted by molar-refractivity contribution is 0.462. The van der Waals surface area contributed by atoms with E-state index < -0.39 is 5.82 Å². The van der Waals surface area contributed by atoms with Gasteiger partial charge < -0.3 is 10.5 Å². The third-order valence-corrected chi connectivity index (χ3v) is 3.37. The molecule has 1 heterocycles. The smallest absolute Gasteiger partial charge is 0.230 e. The highest BCUT2D eigenvalue weighted by atomic mass is 79.9. The average Bonchev–Trinajstić information content (AvgIpc) is 2.43. The van der Waals surface area contributed by atoms with Crippen LogP contribution in [0.4, 0.5) is 10.1 Å². The summed E-state index contributed by atoms with van der Waals surface area (Å²) < 4.78 is 19.5. The fourth-order valence-corrected chi connectivity index (χ4v) is 2.03. The van der Waals surface area contributed by atoms with Crippen molar-refractivity contribution < 1.29 is 9.13 Å². The first-order chi connectivity index (χ1) is 9.63. The van der Waals surface area contributed by atoms with Gasteiger partial charge in [-0.1, -0.05) is 0 Å². The highest BCUT2D eigenvalue weighted by molar-refractivity contribution is 9.10. The highest BCUT2D eigenvalue weighted by Gasteiger charge is 2.08. The summed E-state index contributed by atoms with van der Waals surface area (Å²) in [6.07, 6.45) is 1.38. The van der Waals surface area contributed by atoms with Crippen LogP contribution in [0.1, 0.15) is 0 Å². The van der Waals surface area contributed by atoms with Gasteiger partial charge in [0.15, 0.2) is 0 Å². The minimum absolute atomic E-state index is 0.358. The Morgan fingerprint density at radius 3 is 2.75 bits per heavy atom. The van der Waals surface area contributed by atoms with Crippen LogP contribution in [0.2, 0.25) is 0 Å². The molecular formula is C14H9BrFN3O. The van der Waals surface area contributed by atoms with Crippen molar-refractivity contribution in [2.45, 2.75) is 0 Å². The van der Waals surface area contributed by atoms with Gasteiger partial charge in [0, 0.05) is 11.8 Å². The molecule has 100 valence electrons. The normalized spacial score (nSPS) is 10.7. The topological polar surface area (TPSA) is 61.0 Å². The predicted octanol–water partition coefficient (Wildman–Crippen LogP) is 3.91. The van der Waals surface area contributed by atoms with E-state index in [0.29, 0.717) is 32.7 Å². The van der Waals surface area contributed by atoms with Gasteiger partial charge in [-0.25, -0.2) is 14.4 Å². The number of nitrogens with two attached hydrogens (primary N) is 1. The van der Waals surface area contributed by atoms with Crippen LogP contribution in [-0.4, -0.2) is 9.97 Å². The van der Waals surface area contributed by atoms with Gasteiger partial charge >= 0.3 is 0 Å². The van der Waals surface area contributed by atoms with Gasteiger partial charge in [0.25, 0.3) is 0 Å². The number of hydrogen-bond donors (Lipinski definition) is 1. The molecule has 3 rings (SSSR count). The Balaban J connectivity index is 2.04. The van der Waals surface area contributed by atoms with E-state index in [0.717, 1.165) is 0 Å². The van der Waals surface area contributed by atoms with Crippen LogP contribution in [0.25, 0.3) is 10.9 Å². The molecule has 0 radical (unpaired) electrons. The number of ether oxygens (including phenoxy) is 1. The van der Waals surface area contributed by atoms with Crippen LogP contribution in [0.15, 0.2) is 47.2 Å². The summed E-state index contributed by atoms with van der Waals surface area (Å²) >= 11 is 3.09. The first-order valence-corrected chi connectivity index (χ1v) is 6.56. The molecule has 3 aromatic rings. The maximum atomic E-state index is 13.5. The number of aromatic nitrogens is 2. The van der Waals surface area contributed by atoms with Crippen molar-refractivity contribution in [1.82, 2.24) is 9.97 Å². The maximum absolute atomic E-state index is 13.5. The number of halogens is 2. The molecule has 0 fully saturated rings. The number of nitrogens with zero attached hydrogens (tertiary/aromatic N) is 2. The van der Waals surface area contributed by atoms with E-state index in [-0.39, 0.29) is 0 Å². The van der Waals surface area contributed by atoms with Gasteiger partial charge in [-0.15, -0.1) is 0 Å². The van der Waals surface area contributed by atoms with E-state index in [1.54, 1.807) is 30.3 Å². The van der Waals surface area contributed by atoms with Crippen molar-refractivity contribution in [3.8, 4) is 11.6 Å². The fraction of sp³-hybridized carbons (Fsp3) is 0. The van der Waals surface area contributed by atoms with Gasteiger partial charge in [-0.2, -0.15) is 0 Å². The van der Waals surface area contributed by atoms with Gasteiger partial charge in [0.2, 0.25) is 5.88 Å². The summed E-state index contributed by atoms with van der Waals surface area (Å²) in [5.41, 5.74) is 6.99. The Morgan fingerprint density at radius 1 is 1.10 bits per heavy atom. The van der Waals surface area contributed by atoms with Crippen LogP contribution in [0, 0.1) is 5.82 Å². The average molecular weight is 334 g/mol. The van der Waals surface area contributed by atoms with Crippen LogP contribution in [0.5, 0.6) is 11.6 Å². The molecule has 0 aliphatic rings. The quantitative estimate of drug-likeness (QED) is 0.722. The molecule has 0 bridgehead atoms. The molecule has 0 unspecified atom stereocenters. The predicted molar refractivity (Wildman–Crippen MR) is 78.1 cm³/mol. The number of fused-ring (bicyclic) bond motifs is 1. The van der Waals surface area contributed by atoms with E-state index >= 15 is 0 Å². The molecule has 0 aliphatic heterocycles. The monoisotopic (exact) mass is 333 g/mol. The molecule has 0 saturated heterocycles. The molecule has 20 heavy (non-hydrogen) atoms. The zero-order valence-electron chi connectivity index (χ0n) is 10.2. The van der Waals surface area contributed by atoms with Crippen molar-refractivity contribution in [2.75, 3.05) is 5.73 Å². The van der Waals surface area contributed by atoms with E-state index in [9.17, 15) is 4.39 Å². The number of hydrogen-bond acceptors (Lipinski definition) is 4. The molecule has 0 aliphatic carbocycles. The summed E-state index contributed by atoms with van der Waals surface area (Å²) in [5, 5.41) is 0.713. The third-order valence-electron chi connectivity index (χ3n) is 2.73. The molecule has 0 atom stereocenters. The number of benzene rings is 2. The molecule has 2 aromatic carbocycles. The largest absolute Gasteiger partial charge is 0.438 e. The van der Waals surface area contributed by atoms with Gasteiger partial charge in [-0.3, -0.25) is 0 Å². The van der Waals surface area contributed by atoms with Gasteiger partial charge in [0.05, 0.1) is 15.4 Å². The van der Waals surface area contributed by atoms with Crippen molar-refractivity contribution in [3.63, 3.8) is 0 Å². The van der Waals surface area contributed by atoms with Crippen molar-refractivity contribution in [2.24, 2.45) is 0 Å². The van der Waals surface area contributed by atoms with E-state index in [1.807, 2.05) is 0 Å². The van der Waals surface area contributed by atoms with Crippen molar-refractivity contribution in [1.29, 1.82) is 0 Å². The van der Waals surface area contributed by atoms with Crippen molar-refractivity contribution >= 4 is 32.5 Å². The summed E-state index contributed by atoms with van der Waals surface area (Å²) in [5.74, 6) is 0.323. The molecule has 0 amide bonds.